The number of nitrogens with one attached hydrogen (secondary N) is 1. The summed E-state index contributed by atoms with van der Waals surface area (Å²) in [4.78, 5) is 8.19. The highest BCUT2D eigenvalue weighted by atomic mass is 79.9. The van der Waals surface area contributed by atoms with Gasteiger partial charge in [-0.2, -0.15) is 0 Å². The molecule has 0 bridgehead atoms. The molecule has 0 atom stereocenters. The molecule has 1 heterocycles. The summed E-state index contributed by atoms with van der Waals surface area (Å²) in [5.74, 6) is -0.0227. The van der Waals surface area contributed by atoms with E-state index in [0.717, 1.165) is 25.1 Å². The standard InChI is InChI=1S/C14H15BrFN3O/c1-2-5-17-7-10-8-18-14(19-9-10)20-11-3-4-12(15)13(16)6-11/h3-4,6,8-9,17H,2,5,7H2,1H3. The Morgan fingerprint density at radius 1 is 1.30 bits per heavy atom. The van der Waals surface area contributed by atoms with E-state index in [2.05, 4.69) is 38.1 Å². The summed E-state index contributed by atoms with van der Waals surface area (Å²) >= 11 is 3.09. The van der Waals surface area contributed by atoms with Crippen molar-refractivity contribution in [3.63, 3.8) is 0 Å². The van der Waals surface area contributed by atoms with E-state index in [0.29, 0.717) is 10.2 Å². The average Bonchev–Trinajstić information content (AvgIpc) is 2.45. The van der Waals surface area contributed by atoms with E-state index in [4.69, 9.17) is 4.74 Å². The van der Waals surface area contributed by atoms with E-state index < -0.39 is 0 Å². The van der Waals surface area contributed by atoms with E-state index in [1.165, 1.54) is 6.07 Å². The number of rotatable bonds is 6. The molecule has 0 spiro atoms. The summed E-state index contributed by atoms with van der Waals surface area (Å²) in [6.45, 7) is 3.79. The lowest BCUT2D eigenvalue weighted by atomic mass is 10.3. The van der Waals surface area contributed by atoms with Crippen LogP contribution in [0.15, 0.2) is 35.1 Å². The third-order valence-corrected chi connectivity index (χ3v) is 3.18. The van der Waals surface area contributed by atoms with E-state index in [1.807, 2.05) is 0 Å². The van der Waals surface area contributed by atoms with Gasteiger partial charge in [0.15, 0.2) is 0 Å². The first-order valence-electron chi connectivity index (χ1n) is 6.33. The van der Waals surface area contributed by atoms with Gasteiger partial charge in [-0.15, -0.1) is 0 Å². The second-order valence-electron chi connectivity index (χ2n) is 4.23. The topological polar surface area (TPSA) is 47.0 Å². The van der Waals surface area contributed by atoms with Crippen LogP contribution in [0.1, 0.15) is 18.9 Å². The maximum Gasteiger partial charge on any atom is 0.321 e. The van der Waals surface area contributed by atoms with Crippen molar-refractivity contribution in [2.45, 2.75) is 19.9 Å². The molecular formula is C14H15BrFN3O. The SMILES string of the molecule is CCCNCc1cnc(Oc2ccc(Br)c(F)c2)nc1. The Morgan fingerprint density at radius 2 is 2.05 bits per heavy atom. The second kappa shape index (κ2) is 7.31. The molecule has 0 saturated carbocycles. The molecule has 0 fully saturated rings. The Bertz CT molecular complexity index is 563. The van der Waals surface area contributed by atoms with Crippen molar-refractivity contribution in [1.82, 2.24) is 15.3 Å². The highest BCUT2D eigenvalue weighted by Gasteiger charge is 2.04. The second-order valence-corrected chi connectivity index (χ2v) is 5.08. The molecule has 0 unspecified atom stereocenters. The van der Waals surface area contributed by atoms with Crippen LogP contribution in [0.5, 0.6) is 11.8 Å². The maximum absolute atomic E-state index is 13.3. The Morgan fingerprint density at radius 3 is 2.70 bits per heavy atom. The zero-order valence-corrected chi connectivity index (χ0v) is 12.7. The molecule has 1 aromatic heterocycles. The van der Waals surface area contributed by atoms with Gasteiger partial charge in [-0.05, 0) is 41.0 Å². The van der Waals surface area contributed by atoms with Crippen molar-refractivity contribution in [3.8, 4) is 11.8 Å². The molecule has 2 aromatic rings. The van der Waals surface area contributed by atoms with Crippen molar-refractivity contribution in [2.24, 2.45) is 0 Å². The summed E-state index contributed by atoms with van der Waals surface area (Å²) in [5, 5.41) is 3.26. The van der Waals surface area contributed by atoms with Gasteiger partial charge in [-0.3, -0.25) is 0 Å². The van der Waals surface area contributed by atoms with Gasteiger partial charge in [0.05, 0.1) is 4.47 Å². The van der Waals surface area contributed by atoms with Crippen LogP contribution < -0.4 is 10.1 Å². The van der Waals surface area contributed by atoms with Crippen LogP contribution in [-0.2, 0) is 6.54 Å². The van der Waals surface area contributed by atoms with Crippen LogP contribution in [-0.4, -0.2) is 16.5 Å². The first kappa shape index (κ1) is 14.9. The molecule has 0 saturated heterocycles. The predicted molar refractivity (Wildman–Crippen MR) is 78.2 cm³/mol. The molecule has 1 aromatic carbocycles. The fraction of sp³-hybridized carbons (Fsp3) is 0.286. The lowest BCUT2D eigenvalue weighted by molar-refractivity contribution is 0.436. The van der Waals surface area contributed by atoms with Gasteiger partial charge in [-0.25, -0.2) is 14.4 Å². The number of hydrogen-bond acceptors (Lipinski definition) is 4. The lowest BCUT2D eigenvalue weighted by Gasteiger charge is -2.06. The van der Waals surface area contributed by atoms with Crippen molar-refractivity contribution in [2.75, 3.05) is 6.54 Å². The van der Waals surface area contributed by atoms with Gasteiger partial charge in [0.2, 0.25) is 0 Å². The maximum atomic E-state index is 13.3. The smallest absolute Gasteiger partial charge is 0.321 e. The van der Waals surface area contributed by atoms with Crippen LogP contribution in [0, 0.1) is 5.82 Å². The molecule has 0 aliphatic carbocycles. The Kier molecular flexibility index (Phi) is 5.43. The van der Waals surface area contributed by atoms with Crippen molar-refractivity contribution in [1.29, 1.82) is 0 Å². The minimum Gasteiger partial charge on any atom is -0.424 e. The fourth-order valence-electron chi connectivity index (χ4n) is 1.54. The molecule has 0 aliphatic heterocycles. The number of benzene rings is 1. The Labute approximate surface area is 125 Å². The molecule has 0 aliphatic rings. The molecule has 1 N–H and O–H groups in total. The molecule has 4 nitrogen and oxygen atoms in total. The molecule has 0 radical (unpaired) electrons. The largest absolute Gasteiger partial charge is 0.424 e. The van der Waals surface area contributed by atoms with Crippen LogP contribution in [0.2, 0.25) is 0 Å². The average molecular weight is 340 g/mol. The third kappa shape index (κ3) is 4.25. The minimum absolute atomic E-state index is 0.200. The zero-order valence-electron chi connectivity index (χ0n) is 11.1. The highest BCUT2D eigenvalue weighted by molar-refractivity contribution is 9.10. The molecule has 0 amide bonds. The normalized spacial score (nSPS) is 10.6. The van der Waals surface area contributed by atoms with E-state index in [1.54, 1.807) is 24.5 Å². The third-order valence-electron chi connectivity index (χ3n) is 2.54. The van der Waals surface area contributed by atoms with Gasteiger partial charge < -0.3 is 10.1 Å². The van der Waals surface area contributed by atoms with Crippen LogP contribution in [0.4, 0.5) is 4.39 Å². The minimum atomic E-state index is -0.386. The Hall–Kier alpha value is -1.53. The van der Waals surface area contributed by atoms with Gasteiger partial charge in [0.1, 0.15) is 11.6 Å². The predicted octanol–water partition coefficient (Wildman–Crippen LogP) is 3.67. The first-order valence-corrected chi connectivity index (χ1v) is 7.13. The lowest BCUT2D eigenvalue weighted by Crippen LogP contribution is -2.14. The summed E-state index contributed by atoms with van der Waals surface area (Å²) in [6, 6.07) is 4.71. The molecule has 20 heavy (non-hydrogen) atoms. The Balaban J connectivity index is 1.97. The summed E-state index contributed by atoms with van der Waals surface area (Å²) in [7, 11) is 0. The summed E-state index contributed by atoms with van der Waals surface area (Å²) in [6.07, 6.45) is 4.47. The number of hydrogen-bond donors (Lipinski definition) is 1. The van der Waals surface area contributed by atoms with E-state index >= 15 is 0 Å². The molecule has 6 heteroatoms. The van der Waals surface area contributed by atoms with Gasteiger partial charge in [0.25, 0.3) is 0 Å². The van der Waals surface area contributed by atoms with Crippen LogP contribution in [0.25, 0.3) is 0 Å². The number of ether oxygens (including phenoxy) is 1. The van der Waals surface area contributed by atoms with Crippen LogP contribution in [0.3, 0.4) is 0 Å². The quantitative estimate of drug-likeness (QED) is 0.815. The van der Waals surface area contributed by atoms with Gasteiger partial charge in [-0.1, -0.05) is 6.92 Å². The van der Waals surface area contributed by atoms with Crippen molar-refractivity contribution in [3.05, 3.63) is 46.4 Å². The molecule has 106 valence electrons. The zero-order chi connectivity index (χ0) is 14.4. The fourth-order valence-corrected chi connectivity index (χ4v) is 1.79. The first-order chi connectivity index (χ1) is 9.69. The van der Waals surface area contributed by atoms with Gasteiger partial charge >= 0.3 is 6.01 Å². The number of aromatic nitrogens is 2. The molecular weight excluding hydrogens is 325 g/mol. The van der Waals surface area contributed by atoms with Crippen LogP contribution >= 0.6 is 15.9 Å². The van der Waals surface area contributed by atoms with Crippen molar-refractivity contribution >= 4 is 15.9 Å². The molecule has 2 rings (SSSR count). The van der Waals surface area contributed by atoms with E-state index in [9.17, 15) is 4.39 Å². The number of halogens is 2. The monoisotopic (exact) mass is 339 g/mol. The highest BCUT2D eigenvalue weighted by Crippen LogP contribution is 2.23. The van der Waals surface area contributed by atoms with Gasteiger partial charge in [0, 0.05) is 30.6 Å². The summed E-state index contributed by atoms with van der Waals surface area (Å²) < 4.78 is 19.1. The summed E-state index contributed by atoms with van der Waals surface area (Å²) in [5.41, 5.74) is 0.979. The number of nitrogens with zero attached hydrogens (tertiary/aromatic N) is 2. The van der Waals surface area contributed by atoms with E-state index in [-0.39, 0.29) is 11.8 Å². The van der Waals surface area contributed by atoms with Crippen molar-refractivity contribution < 1.29 is 9.13 Å².